The number of nitriles is 1. The SMILES string of the molecule is CC(=CC#N)C(=O)OCC(C)C. The van der Waals surface area contributed by atoms with Crippen LogP contribution in [-0.2, 0) is 9.53 Å². The summed E-state index contributed by atoms with van der Waals surface area (Å²) in [5.74, 6) is -0.0888. The summed E-state index contributed by atoms with van der Waals surface area (Å²) in [6.07, 6.45) is 1.18. The van der Waals surface area contributed by atoms with Crippen LogP contribution in [0.5, 0.6) is 0 Å². The Bertz CT molecular complexity index is 223. The van der Waals surface area contributed by atoms with E-state index in [1.807, 2.05) is 13.8 Å². The lowest BCUT2D eigenvalue weighted by molar-refractivity contribution is -0.140. The normalized spacial score (nSPS) is 11.1. The van der Waals surface area contributed by atoms with Gasteiger partial charge in [0.15, 0.2) is 0 Å². The van der Waals surface area contributed by atoms with Crippen molar-refractivity contribution >= 4 is 5.97 Å². The van der Waals surface area contributed by atoms with Crippen molar-refractivity contribution in [2.75, 3.05) is 6.61 Å². The van der Waals surface area contributed by atoms with Gasteiger partial charge in [-0.2, -0.15) is 5.26 Å². The number of rotatable bonds is 3. The molecule has 0 aliphatic carbocycles. The molecule has 0 aromatic heterocycles. The maximum Gasteiger partial charge on any atom is 0.334 e. The summed E-state index contributed by atoms with van der Waals surface area (Å²) in [5, 5.41) is 8.23. The fourth-order valence-corrected chi connectivity index (χ4v) is 0.512. The number of hydrogen-bond donors (Lipinski definition) is 0. The molecule has 0 aromatic carbocycles. The van der Waals surface area contributed by atoms with Crippen LogP contribution in [0.2, 0.25) is 0 Å². The second kappa shape index (κ2) is 5.36. The van der Waals surface area contributed by atoms with Crippen molar-refractivity contribution in [3.63, 3.8) is 0 Å². The Morgan fingerprint density at radius 1 is 1.67 bits per heavy atom. The fraction of sp³-hybridized carbons (Fsp3) is 0.556. The highest BCUT2D eigenvalue weighted by atomic mass is 16.5. The molecule has 0 heterocycles. The van der Waals surface area contributed by atoms with Gasteiger partial charge in [-0.05, 0) is 12.8 Å². The summed E-state index contributed by atoms with van der Waals surface area (Å²) in [6.45, 7) is 5.87. The molecule has 0 amide bonds. The van der Waals surface area contributed by atoms with Crippen LogP contribution in [0.3, 0.4) is 0 Å². The lowest BCUT2D eigenvalue weighted by Crippen LogP contribution is -2.10. The predicted molar refractivity (Wildman–Crippen MR) is 45.2 cm³/mol. The smallest absolute Gasteiger partial charge is 0.334 e. The number of ether oxygens (including phenoxy) is 1. The number of hydrogen-bond acceptors (Lipinski definition) is 3. The molecule has 3 heteroatoms. The lowest BCUT2D eigenvalue weighted by atomic mass is 10.2. The van der Waals surface area contributed by atoms with Crippen LogP contribution in [0.4, 0.5) is 0 Å². The van der Waals surface area contributed by atoms with E-state index in [9.17, 15) is 4.79 Å². The quantitative estimate of drug-likeness (QED) is 0.365. The third-order valence-electron chi connectivity index (χ3n) is 1.15. The predicted octanol–water partition coefficient (Wildman–Crippen LogP) is 1.66. The molecule has 0 radical (unpaired) electrons. The maximum absolute atomic E-state index is 11.0. The molecule has 66 valence electrons. The molecule has 0 aliphatic rings. The zero-order chi connectivity index (χ0) is 9.56. The number of allylic oxidation sites excluding steroid dienone is 1. The zero-order valence-corrected chi connectivity index (χ0v) is 7.63. The first kappa shape index (κ1) is 10.7. The van der Waals surface area contributed by atoms with Crippen LogP contribution in [-0.4, -0.2) is 12.6 Å². The van der Waals surface area contributed by atoms with Gasteiger partial charge in [-0.1, -0.05) is 13.8 Å². The molecule has 0 rings (SSSR count). The van der Waals surface area contributed by atoms with Crippen LogP contribution < -0.4 is 0 Å². The van der Waals surface area contributed by atoms with Gasteiger partial charge in [0.1, 0.15) is 0 Å². The van der Waals surface area contributed by atoms with E-state index in [1.54, 1.807) is 13.0 Å². The number of nitrogens with zero attached hydrogens (tertiary/aromatic N) is 1. The maximum atomic E-state index is 11.0. The van der Waals surface area contributed by atoms with E-state index < -0.39 is 5.97 Å². The van der Waals surface area contributed by atoms with Gasteiger partial charge in [0.05, 0.1) is 12.7 Å². The molecule has 12 heavy (non-hydrogen) atoms. The van der Waals surface area contributed by atoms with Crippen molar-refractivity contribution < 1.29 is 9.53 Å². The standard InChI is InChI=1S/C9H13NO2/c1-7(2)6-12-9(11)8(3)4-5-10/h4,7H,6H2,1-3H3. The molecule has 0 fully saturated rings. The average molecular weight is 167 g/mol. The van der Waals surface area contributed by atoms with E-state index in [2.05, 4.69) is 0 Å². The largest absolute Gasteiger partial charge is 0.462 e. The fourth-order valence-electron chi connectivity index (χ4n) is 0.512. The van der Waals surface area contributed by atoms with Gasteiger partial charge in [-0.3, -0.25) is 0 Å². The molecule has 0 unspecified atom stereocenters. The molecule has 0 atom stereocenters. The van der Waals surface area contributed by atoms with E-state index in [1.165, 1.54) is 6.08 Å². The van der Waals surface area contributed by atoms with Crippen molar-refractivity contribution in [3.05, 3.63) is 11.6 Å². The van der Waals surface area contributed by atoms with Crippen molar-refractivity contribution in [2.45, 2.75) is 20.8 Å². The van der Waals surface area contributed by atoms with E-state index in [0.29, 0.717) is 18.1 Å². The summed E-state index contributed by atoms with van der Waals surface area (Å²) in [4.78, 5) is 11.0. The Morgan fingerprint density at radius 2 is 2.25 bits per heavy atom. The molecule has 0 spiro atoms. The van der Waals surface area contributed by atoms with E-state index in [0.717, 1.165) is 0 Å². The topological polar surface area (TPSA) is 50.1 Å². The molecule has 0 aromatic rings. The number of carbonyl (C=O) groups is 1. The minimum absolute atomic E-state index is 0.323. The van der Waals surface area contributed by atoms with Crippen molar-refractivity contribution in [2.24, 2.45) is 5.92 Å². The van der Waals surface area contributed by atoms with Crippen LogP contribution in [0.15, 0.2) is 11.6 Å². The van der Waals surface area contributed by atoms with Gasteiger partial charge in [0, 0.05) is 11.6 Å². The van der Waals surface area contributed by atoms with Crippen LogP contribution in [0, 0.1) is 17.2 Å². The van der Waals surface area contributed by atoms with Crippen molar-refractivity contribution in [3.8, 4) is 6.07 Å². The first-order valence-corrected chi connectivity index (χ1v) is 3.81. The van der Waals surface area contributed by atoms with Crippen molar-refractivity contribution in [1.82, 2.24) is 0 Å². The molecular weight excluding hydrogens is 154 g/mol. The lowest BCUT2D eigenvalue weighted by Gasteiger charge is -2.05. The highest BCUT2D eigenvalue weighted by molar-refractivity contribution is 5.88. The van der Waals surface area contributed by atoms with Gasteiger partial charge in [0.25, 0.3) is 0 Å². The zero-order valence-electron chi connectivity index (χ0n) is 7.63. The van der Waals surface area contributed by atoms with Crippen LogP contribution in [0.1, 0.15) is 20.8 Å². The first-order chi connectivity index (χ1) is 5.57. The first-order valence-electron chi connectivity index (χ1n) is 3.81. The third kappa shape index (κ3) is 4.51. The summed E-state index contributed by atoms with van der Waals surface area (Å²) in [5.41, 5.74) is 0.346. The number of esters is 1. The molecular formula is C9H13NO2. The summed E-state index contributed by atoms with van der Waals surface area (Å²) < 4.78 is 4.86. The Labute approximate surface area is 72.6 Å². The molecule has 3 nitrogen and oxygen atoms in total. The Balaban J connectivity index is 3.90. The van der Waals surface area contributed by atoms with E-state index in [-0.39, 0.29) is 0 Å². The highest BCUT2D eigenvalue weighted by Gasteiger charge is 2.05. The molecule has 0 saturated carbocycles. The Hall–Kier alpha value is -1.30. The third-order valence-corrected chi connectivity index (χ3v) is 1.15. The minimum atomic E-state index is -0.412. The van der Waals surface area contributed by atoms with Gasteiger partial charge in [-0.25, -0.2) is 4.79 Å². The van der Waals surface area contributed by atoms with Crippen LogP contribution in [0.25, 0.3) is 0 Å². The summed E-state index contributed by atoms with van der Waals surface area (Å²) in [7, 11) is 0. The average Bonchev–Trinajstić information content (AvgIpc) is 2.00. The van der Waals surface area contributed by atoms with E-state index >= 15 is 0 Å². The molecule has 0 saturated heterocycles. The number of carbonyl (C=O) groups excluding carboxylic acids is 1. The minimum Gasteiger partial charge on any atom is -0.462 e. The van der Waals surface area contributed by atoms with Gasteiger partial charge in [-0.15, -0.1) is 0 Å². The summed E-state index contributed by atoms with van der Waals surface area (Å²) >= 11 is 0. The van der Waals surface area contributed by atoms with Crippen molar-refractivity contribution in [1.29, 1.82) is 5.26 Å². The Morgan fingerprint density at radius 3 is 2.67 bits per heavy atom. The van der Waals surface area contributed by atoms with Gasteiger partial charge in [0.2, 0.25) is 0 Å². The van der Waals surface area contributed by atoms with Crippen LogP contribution >= 0.6 is 0 Å². The second-order valence-electron chi connectivity index (χ2n) is 2.95. The van der Waals surface area contributed by atoms with Gasteiger partial charge < -0.3 is 4.74 Å². The highest BCUT2D eigenvalue weighted by Crippen LogP contribution is 1.99. The monoisotopic (exact) mass is 167 g/mol. The van der Waals surface area contributed by atoms with E-state index in [4.69, 9.17) is 10.00 Å². The second-order valence-corrected chi connectivity index (χ2v) is 2.95. The molecule has 0 bridgehead atoms. The Kier molecular flexibility index (Phi) is 4.78. The summed E-state index contributed by atoms with van der Waals surface area (Å²) in [6, 6.07) is 1.77. The molecule has 0 aliphatic heterocycles. The molecule has 0 N–H and O–H groups in total. The van der Waals surface area contributed by atoms with Gasteiger partial charge >= 0.3 is 5.97 Å².